The fourth-order valence-corrected chi connectivity index (χ4v) is 2.29. The lowest BCUT2D eigenvalue weighted by molar-refractivity contribution is 0.319. The van der Waals surface area contributed by atoms with Gasteiger partial charge in [0.25, 0.3) is 0 Å². The summed E-state index contributed by atoms with van der Waals surface area (Å²) in [6.45, 7) is 3.93. The molecule has 0 aromatic heterocycles. The van der Waals surface area contributed by atoms with Crippen LogP contribution in [-0.4, -0.2) is 18.0 Å². The van der Waals surface area contributed by atoms with Crippen LogP contribution in [0.15, 0.2) is 41.6 Å². The molecule has 2 rings (SSSR count). The molecule has 4 heteroatoms. The third-order valence-corrected chi connectivity index (χ3v) is 3.42. The first-order valence-corrected chi connectivity index (χ1v) is 6.58. The summed E-state index contributed by atoms with van der Waals surface area (Å²) in [6.07, 6.45) is 0. The topological polar surface area (TPSA) is 41.8 Å². The van der Waals surface area contributed by atoms with Gasteiger partial charge in [-0.1, -0.05) is 40.0 Å². The molecule has 0 fully saturated rings. The maximum absolute atomic E-state index is 9.43. The monoisotopic (exact) mass is 289 g/mol. The fourth-order valence-electron chi connectivity index (χ4n) is 2.08. The van der Waals surface area contributed by atoms with E-state index in [1.54, 1.807) is 13.2 Å². The smallest absolute Gasteiger partial charge is 0.128 e. The Labute approximate surface area is 123 Å². The van der Waals surface area contributed by atoms with Crippen molar-refractivity contribution in [2.45, 2.75) is 13.8 Å². The van der Waals surface area contributed by atoms with E-state index >= 15 is 0 Å². The molecule has 2 aromatic carbocycles. The number of halogens is 1. The molecular formula is C16H16ClNO2. The molecule has 1 N–H and O–H groups in total. The SMILES string of the molecule is COc1ccc(C)cc1/C(=N/O)c1cc(C)ccc1Cl. The van der Waals surface area contributed by atoms with Crippen molar-refractivity contribution in [2.75, 3.05) is 7.11 Å². The first-order chi connectivity index (χ1) is 9.56. The van der Waals surface area contributed by atoms with Gasteiger partial charge in [0.1, 0.15) is 11.5 Å². The summed E-state index contributed by atoms with van der Waals surface area (Å²) in [6, 6.07) is 11.3. The van der Waals surface area contributed by atoms with Crippen molar-refractivity contribution in [1.29, 1.82) is 0 Å². The predicted octanol–water partition coefficient (Wildman–Crippen LogP) is 4.19. The van der Waals surface area contributed by atoms with Gasteiger partial charge in [-0.2, -0.15) is 0 Å². The van der Waals surface area contributed by atoms with Crippen LogP contribution in [0.4, 0.5) is 0 Å². The highest BCUT2D eigenvalue weighted by Crippen LogP contribution is 2.27. The Bertz CT molecular complexity index is 666. The van der Waals surface area contributed by atoms with E-state index in [4.69, 9.17) is 16.3 Å². The number of rotatable bonds is 3. The molecule has 0 radical (unpaired) electrons. The number of nitrogens with zero attached hydrogens (tertiary/aromatic N) is 1. The molecule has 0 saturated heterocycles. The second kappa shape index (κ2) is 5.97. The van der Waals surface area contributed by atoms with Gasteiger partial charge in [0, 0.05) is 11.1 Å². The molecule has 0 atom stereocenters. The minimum Gasteiger partial charge on any atom is -0.496 e. The summed E-state index contributed by atoms with van der Waals surface area (Å²) in [5.74, 6) is 0.640. The van der Waals surface area contributed by atoms with E-state index in [1.807, 2.05) is 44.2 Å². The van der Waals surface area contributed by atoms with Gasteiger partial charge in [-0.05, 0) is 38.1 Å². The number of aryl methyl sites for hydroxylation is 2. The van der Waals surface area contributed by atoms with Crippen LogP contribution in [0.3, 0.4) is 0 Å². The van der Waals surface area contributed by atoms with Gasteiger partial charge >= 0.3 is 0 Å². The number of oxime groups is 1. The number of methoxy groups -OCH3 is 1. The van der Waals surface area contributed by atoms with E-state index in [1.165, 1.54) is 0 Å². The lowest BCUT2D eigenvalue weighted by atomic mass is 9.98. The summed E-state index contributed by atoms with van der Waals surface area (Å²) >= 11 is 6.22. The van der Waals surface area contributed by atoms with Crippen LogP contribution in [0.5, 0.6) is 5.75 Å². The molecule has 0 unspecified atom stereocenters. The van der Waals surface area contributed by atoms with E-state index < -0.39 is 0 Å². The van der Waals surface area contributed by atoms with Crippen molar-refractivity contribution < 1.29 is 9.94 Å². The van der Waals surface area contributed by atoms with Crippen molar-refractivity contribution in [3.8, 4) is 5.75 Å². The van der Waals surface area contributed by atoms with Crippen LogP contribution in [0.25, 0.3) is 0 Å². The normalized spacial score (nSPS) is 11.5. The standard InChI is InChI=1S/C16H16ClNO2/c1-10-4-6-14(17)12(8-10)16(18-19)13-9-11(2)5-7-15(13)20-3/h4-9,19H,1-3H3/b18-16+. The Kier molecular flexibility index (Phi) is 4.30. The number of benzene rings is 2. The zero-order chi connectivity index (χ0) is 14.7. The molecule has 104 valence electrons. The molecule has 0 spiro atoms. The molecule has 2 aromatic rings. The lowest BCUT2D eigenvalue weighted by Gasteiger charge is -2.12. The van der Waals surface area contributed by atoms with Crippen LogP contribution in [0.1, 0.15) is 22.3 Å². The third kappa shape index (κ3) is 2.78. The Hall–Kier alpha value is -2.00. The third-order valence-electron chi connectivity index (χ3n) is 3.09. The Balaban J connectivity index is 2.65. The first-order valence-electron chi connectivity index (χ1n) is 6.20. The van der Waals surface area contributed by atoms with Gasteiger partial charge in [-0.3, -0.25) is 0 Å². The number of hydrogen-bond donors (Lipinski definition) is 1. The molecule has 0 amide bonds. The Morgan fingerprint density at radius 2 is 1.65 bits per heavy atom. The van der Waals surface area contributed by atoms with Crippen molar-refractivity contribution in [2.24, 2.45) is 5.16 Å². The zero-order valence-electron chi connectivity index (χ0n) is 11.6. The van der Waals surface area contributed by atoms with Gasteiger partial charge in [-0.25, -0.2) is 0 Å². The highest BCUT2D eigenvalue weighted by Gasteiger charge is 2.16. The second-order valence-electron chi connectivity index (χ2n) is 4.64. The van der Waals surface area contributed by atoms with Crippen molar-refractivity contribution in [1.82, 2.24) is 0 Å². The molecule has 3 nitrogen and oxygen atoms in total. The number of ether oxygens (including phenoxy) is 1. The molecule has 0 aliphatic carbocycles. The predicted molar refractivity (Wildman–Crippen MR) is 81.3 cm³/mol. The van der Waals surface area contributed by atoms with Gasteiger partial charge in [0.05, 0.1) is 12.1 Å². The Morgan fingerprint density at radius 1 is 1.05 bits per heavy atom. The highest BCUT2D eigenvalue weighted by molar-refractivity contribution is 6.35. The average Bonchev–Trinajstić information content (AvgIpc) is 2.44. The van der Waals surface area contributed by atoms with Crippen molar-refractivity contribution >= 4 is 17.3 Å². The summed E-state index contributed by atoms with van der Waals surface area (Å²) < 4.78 is 5.34. The summed E-state index contributed by atoms with van der Waals surface area (Å²) in [7, 11) is 1.58. The molecule has 0 aliphatic heterocycles. The van der Waals surface area contributed by atoms with Crippen LogP contribution < -0.4 is 4.74 Å². The first kappa shape index (κ1) is 14.4. The van der Waals surface area contributed by atoms with E-state index in [0.717, 1.165) is 11.1 Å². The maximum Gasteiger partial charge on any atom is 0.128 e. The molecule has 0 aliphatic rings. The van der Waals surface area contributed by atoms with E-state index in [2.05, 4.69) is 5.16 Å². The zero-order valence-corrected chi connectivity index (χ0v) is 12.4. The van der Waals surface area contributed by atoms with Crippen molar-refractivity contribution in [3.63, 3.8) is 0 Å². The molecule has 0 saturated carbocycles. The molecular weight excluding hydrogens is 274 g/mol. The minimum absolute atomic E-state index is 0.402. The lowest BCUT2D eigenvalue weighted by Crippen LogP contribution is -2.07. The largest absolute Gasteiger partial charge is 0.496 e. The van der Waals surface area contributed by atoms with Gasteiger partial charge in [0.15, 0.2) is 0 Å². The van der Waals surface area contributed by atoms with E-state index in [0.29, 0.717) is 27.6 Å². The van der Waals surface area contributed by atoms with Crippen LogP contribution in [-0.2, 0) is 0 Å². The summed E-state index contributed by atoms with van der Waals surface area (Å²) in [4.78, 5) is 0. The number of hydrogen-bond acceptors (Lipinski definition) is 3. The second-order valence-corrected chi connectivity index (χ2v) is 5.04. The maximum atomic E-state index is 9.43. The molecule has 0 bridgehead atoms. The average molecular weight is 290 g/mol. The minimum atomic E-state index is 0.402. The van der Waals surface area contributed by atoms with Crippen LogP contribution >= 0.6 is 11.6 Å². The quantitative estimate of drug-likeness (QED) is 0.523. The Morgan fingerprint density at radius 3 is 2.25 bits per heavy atom. The molecule has 20 heavy (non-hydrogen) atoms. The summed E-state index contributed by atoms with van der Waals surface area (Å²) in [5.41, 5.74) is 3.88. The van der Waals surface area contributed by atoms with Crippen LogP contribution in [0.2, 0.25) is 5.02 Å². The van der Waals surface area contributed by atoms with Gasteiger partial charge < -0.3 is 9.94 Å². The van der Waals surface area contributed by atoms with Crippen molar-refractivity contribution in [3.05, 3.63) is 63.7 Å². The van der Waals surface area contributed by atoms with Crippen LogP contribution in [0, 0.1) is 13.8 Å². The van der Waals surface area contributed by atoms with E-state index in [9.17, 15) is 5.21 Å². The summed E-state index contributed by atoms with van der Waals surface area (Å²) in [5, 5.41) is 13.4. The van der Waals surface area contributed by atoms with Gasteiger partial charge in [-0.15, -0.1) is 0 Å². The molecule has 0 heterocycles. The highest BCUT2D eigenvalue weighted by atomic mass is 35.5. The van der Waals surface area contributed by atoms with E-state index in [-0.39, 0.29) is 0 Å². The van der Waals surface area contributed by atoms with Gasteiger partial charge in [0.2, 0.25) is 0 Å². The fraction of sp³-hybridized carbons (Fsp3) is 0.188.